The van der Waals surface area contributed by atoms with Gasteiger partial charge in [0.05, 0.1) is 38.8 Å². The summed E-state index contributed by atoms with van der Waals surface area (Å²) in [4.78, 5) is 18.7. The molecular weight excluding hydrogens is 1780 g/mol. The number of para-hydroxylation sites is 1. The Morgan fingerprint density at radius 1 is 0.129 bits per heavy atom. The molecule has 7 aromatic heterocycles. The quantitative estimate of drug-likeness (QED) is 0.102. The van der Waals surface area contributed by atoms with Crippen molar-refractivity contribution < 1.29 is 0 Å². The first kappa shape index (κ1) is 86.5. The summed E-state index contributed by atoms with van der Waals surface area (Å²) in [5.41, 5.74) is 35.6. The Balaban J connectivity index is 0.000000109. The van der Waals surface area contributed by atoms with Gasteiger partial charge in [0, 0.05) is 86.4 Å². The highest BCUT2D eigenvalue weighted by Gasteiger charge is 2.26. The Labute approximate surface area is 850 Å². The Hall–Kier alpha value is -19.6. The summed E-state index contributed by atoms with van der Waals surface area (Å²) >= 11 is 0. The maximum atomic E-state index is 5.28. The number of hydrogen-bond acceptors (Lipinski definition) is 4. The summed E-state index contributed by atoms with van der Waals surface area (Å²) in [6.07, 6.45) is 11.5. The smallest absolute Gasteiger partial charge is 0.138 e. The number of nitrogens with zero attached hydrogens (tertiary/aromatic N) is 7. The zero-order valence-corrected chi connectivity index (χ0v) is 80.2. The first-order valence-corrected chi connectivity index (χ1v) is 50.2. The van der Waals surface area contributed by atoms with Crippen molar-refractivity contribution in [1.82, 2.24) is 33.6 Å². The van der Waals surface area contributed by atoms with E-state index in [1.807, 2.05) is 37.2 Å². The summed E-state index contributed by atoms with van der Waals surface area (Å²) in [6.45, 7) is 0. The summed E-state index contributed by atoms with van der Waals surface area (Å²) in [5, 5.41) is 22.0. The molecule has 7 heteroatoms. The van der Waals surface area contributed by atoms with Crippen molar-refractivity contribution >= 4 is 130 Å². The molecule has 147 heavy (non-hydrogen) atoms. The van der Waals surface area contributed by atoms with Crippen LogP contribution in [0.25, 0.3) is 270 Å². The maximum Gasteiger partial charge on any atom is 0.138 e. The monoisotopic (exact) mass is 1870 g/mol. The minimum Gasteiger partial charge on any atom is -0.309 e. The SMILES string of the molecule is c1ccc(-c2c3ccccc3c(-c3ccccc3)c3cc(-c4cccc(-n5c6ccccc6c6cnccc65)n4)ccc23)cc1.c1ccc(-c2ccc3c(c2)c2cnccc2n3-c2ccc(-c3ccc4c(-c5ccccc5)c5ccccc5c(-c5ccccc5)c4c3)cc2)cc1.c1ccc(-c2ccc3c(c2)c2cnccc2n3-c2ccc(-c3ccc4c(-c5ccccc5)c5ccccc5c(-c5ccccc5)c4c3)cc2)cc1. The number of aromatic nitrogens is 7. The first-order chi connectivity index (χ1) is 73.0. The summed E-state index contributed by atoms with van der Waals surface area (Å²) in [6, 6.07) is 186. The van der Waals surface area contributed by atoms with Crippen molar-refractivity contribution in [2.75, 3.05) is 0 Å². The highest BCUT2D eigenvalue weighted by atomic mass is 15.1. The minimum absolute atomic E-state index is 0.886. The lowest BCUT2D eigenvalue weighted by molar-refractivity contribution is 1.08. The van der Waals surface area contributed by atoms with Crippen LogP contribution in [0.15, 0.2) is 553 Å². The molecule has 0 saturated heterocycles. The lowest BCUT2D eigenvalue weighted by atomic mass is 9.85. The van der Waals surface area contributed by atoms with E-state index in [9.17, 15) is 0 Å². The van der Waals surface area contributed by atoms with Gasteiger partial charge >= 0.3 is 0 Å². The summed E-state index contributed by atoms with van der Waals surface area (Å²) in [7, 11) is 0. The van der Waals surface area contributed by atoms with Crippen LogP contribution in [0.2, 0.25) is 0 Å². The average molecular weight is 1870 g/mol. The van der Waals surface area contributed by atoms with Crippen molar-refractivity contribution in [3.05, 3.63) is 553 Å². The van der Waals surface area contributed by atoms with E-state index in [0.717, 1.165) is 66.7 Å². The molecule has 0 fully saturated rings. The molecule has 0 saturated carbocycles. The predicted molar refractivity (Wildman–Crippen MR) is 618 cm³/mol. The largest absolute Gasteiger partial charge is 0.309 e. The molecule has 29 rings (SSSR count). The molecule has 0 amide bonds. The maximum absolute atomic E-state index is 5.28. The van der Waals surface area contributed by atoms with Gasteiger partial charge in [-0.1, -0.05) is 413 Å². The highest BCUT2D eigenvalue weighted by molar-refractivity contribution is 6.26. The van der Waals surface area contributed by atoms with Crippen LogP contribution in [0.4, 0.5) is 0 Å². The molecule has 7 nitrogen and oxygen atoms in total. The second-order valence-corrected chi connectivity index (χ2v) is 37.7. The number of pyridine rings is 4. The molecule has 0 aliphatic rings. The lowest BCUT2D eigenvalue weighted by Gasteiger charge is -2.19. The van der Waals surface area contributed by atoms with Gasteiger partial charge in [-0.3, -0.25) is 19.5 Å². The number of rotatable bonds is 14. The van der Waals surface area contributed by atoms with Crippen molar-refractivity contribution in [2.45, 2.75) is 0 Å². The third-order valence-corrected chi connectivity index (χ3v) is 29.4. The fraction of sp³-hybridized carbons (Fsp3) is 0. The van der Waals surface area contributed by atoms with Gasteiger partial charge in [0.15, 0.2) is 0 Å². The zero-order valence-electron chi connectivity index (χ0n) is 80.2. The van der Waals surface area contributed by atoms with Crippen LogP contribution in [-0.4, -0.2) is 33.6 Å². The van der Waals surface area contributed by atoms with Gasteiger partial charge in [-0.15, -0.1) is 0 Å². The van der Waals surface area contributed by atoms with Gasteiger partial charge in [-0.05, 0) is 279 Å². The molecule has 29 aromatic rings. The fourth-order valence-corrected chi connectivity index (χ4v) is 22.8. The molecule has 0 bridgehead atoms. The van der Waals surface area contributed by atoms with Gasteiger partial charge in [0.25, 0.3) is 0 Å². The van der Waals surface area contributed by atoms with E-state index in [1.165, 1.54) is 203 Å². The molecule has 0 atom stereocenters. The molecule has 0 spiro atoms. The number of benzene rings is 22. The second-order valence-electron chi connectivity index (χ2n) is 37.7. The van der Waals surface area contributed by atoms with Crippen molar-refractivity contribution in [3.8, 4) is 140 Å². The van der Waals surface area contributed by atoms with Crippen molar-refractivity contribution in [1.29, 1.82) is 0 Å². The van der Waals surface area contributed by atoms with Crippen LogP contribution in [-0.2, 0) is 0 Å². The molecule has 0 aliphatic carbocycles. The highest BCUT2D eigenvalue weighted by Crippen LogP contribution is 2.51. The van der Waals surface area contributed by atoms with Gasteiger partial charge in [-0.25, -0.2) is 4.98 Å². The minimum atomic E-state index is 0.886. The van der Waals surface area contributed by atoms with Gasteiger partial charge in [0.2, 0.25) is 0 Å². The second kappa shape index (κ2) is 37.1. The average Bonchev–Trinajstić information content (AvgIpc) is 1.71. The normalized spacial score (nSPS) is 11.5. The Bertz CT molecular complexity index is 9660. The molecule has 0 unspecified atom stereocenters. The predicted octanol–water partition coefficient (Wildman–Crippen LogP) is 37.2. The topological polar surface area (TPSA) is 66.3 Å². The van der Waals surface area contributed by atoms with Crippen LogP contribution in [0.5, 0.6) is 0 Å². The van der Waals surface area contributed by atoms with Crippen molar-refractivity contribution in [2.24, 2.45) is 0 Å². The Morgan fingerprint density at radius 3 is 0.701 bits per heavy atom. The van der Waals surface area contributed by atoms with E-state index in [1.54, 1.807) is 0 Å². The van der Waals surface area contributed by atoms with Gasteiger partial charge < -0.3 is 9.13 Å². The van der Waals surface area contributed by atoms with Gasteiger partial charge in [-0.2, -0.15) is 0 Å². The summed E-state index contributed by atoms with van der Waals surface area (Å²) in [5.74, 6) is 0.886. The molecule has 22 aromatic carbocycles. The van der Waals surface area contributed by atoms with E-state index in [4.69, 9.17) is 4.98 Å². The molecule has 0 N–H and O–H groups in total. The third kappa shape index (κ3) is 15.4. The first-order valence-electron chi connectivity index (χ1n) is 50.2. The third-order valence-electron chi connectivity index (χ3n) is 29.4. The van der Waals surface area contributed by atoms with Crippen molar-refractivity contribution in [3.63, 3.8) is 0 Å². The lowest BCUT2D eigenvalue weighted by Crippen LogP contribution is -1.98. The van der Waals surface area contributed by atoms with Crippen LogP contribution in [0, 0.1) is 0 Å². The molecule has 0 radical (unpaired) electrons. The van der Waals surface area contributed by atoms with E-state index >= 15 is 0 Å². The molecular formula is C140H91N7. The van der Waals surface area contributed by atoms with Crippen LogP contribution < -0.4 is 0 Å². The standard InChI is InChI=1S/2C49H32N2.C42H27N3/c2*1-4-12-33(13-5-1)38-23-27-46-43(30-38)45-32-50-29-28-47(45)51(46)39-24-20-34(21-25-39)37-22-26-42-44(31-37)49(36-16-8-3-9-17-36)41-19-11-10-18-40(41)48(42)35-14-6-2-7-15-35;1-3-12-28(13-4-1)41-32-17-7-8-18-33(32)42(29-14-5-2-6-15-29)35-26-30(22-23-34(35)41)37-19-11-21-40(44-37)45-38-20-10-9-16-31(38)36-27-43-25-24-39(36)45/h2*1-32H;1-27H. The van der Waals surface area contributed by atoms with E-state index in [0.29, 0.717) is 0 Å². The molecule has 0 aliphatic heterocycles. The molecule has 7 heterocycles. The Morgan fingerprint density at radius 2 is 0.361 bits per heavy atom. The van der Waals surface area contributed by atoms with E-state index < -0.39 is 0 Å². The number of fused-ring (bicyclic) bond motifs is 15. The van der Waals surface area contributed by atoms with Crippen LogP contribution >= 0.6 is 0 Å². The van der Waals surface area contributed by atoms with E-state index in [2.05, 4.69) is 544 Å². The molecule has 686 valence electrons. The fourth-order valence-electron chi connectivity index (χ4n) is 22.8. The van der Waals surface area contributed by atoms with Gasteiger partial charge in [0.1, 0.15) is 5.82 Å². The van der Waals surface area contributed by atoms with Crippen LogP contribution in [0.1, 0.15) is 0 Å². The van der Waals surface area contributed by atoms with E-state index in [-0.39, 0.29) is 0 Å². The zero-order chi connectivity index (χ0) is 97.2. The Kier molecular flexibility index (Phi) is 21.8. The van der Waals surface area contributed by atoms with Crippen LogP contribution in [0.3, 0.4) is 0 Å². The summed E-state index contributed by atoms with van der Waals surface area (Å²) < 4.78 is 6.96. The number of hydrogen-bond donors (Lipinski definition) is 0.